The van der Waals surface area contributed by atoms with E-state index in [0.29, 0.717) is 41.5 Å². The van der Waals surface area contributed by atoms with Crippen molar-refractivity contribution in [2.75, 3.05) is 7.11 Å². The van der Waals surface area contributed by atoms with E-state index >= 15 is 0 Å². The van der Waals surface area contributed by atoms with Crippen LogP contribution in [-0.2, 0) is 16.1 Å². The molecule has 5 saturated carbocycles. The smallest absolute Gasteiger partial charge is 0.249 e. The number of benzene rings is 1. The monoisotopic (exact) mass is 551 g/mol. The lowest BCUT2D eigenvalue weighted by Gasteiger charge is -2.63. The fraction of sp³-hybridized carbons (Fsp3) is 0.800. The maximum Gasteiger partial charge on any atom is 0.249 e. The quantitative estimate of drug-likeness (QED) is 0.382. The van der Waals surface area contributed by atoms with Gasteiger partial charge in [0, 0.05) is 19.1 Å². The fourth-order valence-corrected chi connectivity index (χ4v) is 12.0. The predicted molar refractivity (Wildman–Crippen MR) is 157 cm³/mol. The maximum atomic E-state index is 13.1. The molecule has 1 amide bonds. The third-order valence-electron chi connectivity index (χ3n) is 14.4. The minimum atomic E-state index is -0.487. The molecule has 0 aromatic heterocycles. The molecule has 0 radical (unpaired) electrons. The van der Waals surface area contributed by atoms with E-state index in [4.69, 9.17) is 4.74 Å². The Labute approximate surface area is 241 Å². The van der Waals surface area contributed by atoms with Gasteiger partial charge in [0.05, 0.1) is 12.2 Å². The van der Waals surface area contributed by atoms with Crippen molar-refractivity contribution in [1.82, 2.24) is 5.32 Å². The highest BCUT2D eigenvalue weighted by atomic mass is 16.5. The van der Waals surface area contributed by atoms with Crippen LogP contribution >= 0.6 is 0 Å². The van der Waals surface area contributed by atoms with Crippen molar-refractivity contribution in [3.63, 3.8) is 0 Å². The Balaban J connectivity index is 1.19. The summed E-state index contributed by atoms with van der Waals surface area (Å²) in [6.07, 6.45) is 8.67. The Hall–Kier alpha value is -1.43. The SMILES string of the molecule is COC(C[C@@H](C)[C@H]1C[C@H](O)[C@@]2(C)C3CC[C@H]4C(C)(C)C(O)CCC45CC35CCC12C)C(=O)NCc1ccccc1. The van der Waals surface area contributed by atoms with Crippen LogP contribution in [0.4, 0.5) is 0 Å². The number of aliphatic hydroxyl groups excluding tert-OH is 2. The number of ether oxygens (including phenoxy) is 1. The molecule has 1 aromatic rings. The Morgan fingerprint density at radius 2 is 1.65 bits per heavy atom. The first kappa shape index (κ1) is 28.7. The van der Waals surface area contributed by atoms with Gasteiger partial charge in [-0.15, -0.1) is 0 Å². The van der Waals surface area contributed by atoms with E-state index in [-0.39, 0.29) is 40.3 Å². The lowest BCUT2D eigenvalue weighted by molar-refractivity contribution is -0.182. The van der Waals surface area contributed by atoms with Gasteiger partial charge in [0.15, 0.2) is 0 Å². The zero-order valence-corrected chi connectivity index (χ0v) is 25.7. The van der Waals surface area contributed by atoms with Crippen LogP contribution in [0.25, 0.3) is 0 Å². The molecule has 40 heavy (non-hydrogen) atoms. The Kier molecular flexibility index (Phi) is 6.84. The van der Waals surface area contributed by atoms with Crippen LogP contribution in [0.2, 0.25) is 0 Å². The van der Waals surface area contributed by atoms with Crippen LogP contribution < -0.4 is 5.32 Å². The van der Waals surface area contributed by atoms with E-state index in [9.17, 15) is 15.0 Å². The summed E-state index contributed by atoms with van der Waals surface area (Å²) < 4.78 is 5.75. The van der Waals surface area contributed by atoms with Crippen LogP contribution in [-0.4, -0.2) is 41.5 Å². The van der Waals surface area contributed by atoms with Crippen molar-refractivity contribution in [3.05, 3.63) is 35.9 Å². The van der Waals surface area contributed by atoms with Gasteiger partial charge in [-0.2, -0.15) is 0 Å². The molecular weight excluding hydrogens is 498 g/mol. The minimum absolute atomic E-state index is 0.0179. The number of hydrogen-bond donors (Lipinski definition) is 3. The second-order valence-electron chi connectivity index (χ2n) is 15.7. The fourth-order valence-electron chi connectivity index (χ4n) is 12.0. The van der Waals surface area contributed by atoms with Crippen LogP contribution in [0.15, 0.2) is 30.3 Å². The lowest BCUT2D eigenvalue weighted by atomic mass is 9.41. The zero-order chi connectivity index (χ0) is 28.7. The molecule has 11 atom stereocenters. The summed E-state index contributed by atoms with van der Waals surface area (Å²) in [5.41, 5.74) is 1.70. The van der Waals surface area contributed by atoms with Crippen molar-refractivity contribution in [2.24, 2.45) is 50.7 Å². The minimum Gasteiger partial charge on any atom is -0.393 e. The Morgan fingerprint density at radius 1 is 0.975 bits per heavy atom. The van der Waals surface area contributed by atoms with Gasteiger partial charge >= 0.3 is 0 Å². The van der Waals surface area contributed by atoms with Gasteiger partial charge in [-0.05, 0) is 109 Å². The standard InChI is InChI=1S/C35H53NO4/c1-22(18-25(40-6)30(39)36-20-23-10-8-7-9-11-23)24-19-29(38)33(5)27-13-12-26-31(2,3)28(37)14-15-34(26)21-35(27,34)17-16-32(24,33)4/h7-11,22,24-29,37-38H,12-21H2,1-6H3,(H,36,39)/t22-,24-,25?,26+,27?,28?,29+,32?,33-,34?,35?/m1/s1. The normalized spacial score (nSPS) is 46.2. The molecule has 0 saturated heterocycles. The van der Waals surface area contributed by atoms with Gasteiger partial charge in [0.25, 0.3) is 0 Å². The molecule has 5 heteroatoms. The molecule has 1 aromatic carbocycles. The molecule has 0 heterocycles. The molecular formula is C35H53NO4. The second-order valence-corrected chi connectivity index (χ2v) is 15.7. The van der Waals surface area contributed by atoms with E-state index in [1.54, 1.807) is 7.11 Å². The third-order valence-corrected chi connectivity index (χ3v) is 14.4. The lowest BCUT2D eigenvalue weighted by Crippen LogP contribution is -2.59. The average molecular weight is 552 g/mol. The molecule has 5 fully saturated rings. The summed E-state index contributed by atoms with van der Waals surface area (Å²) in [6.45, 7) is 12.3. The average Bonchev–Trinajstić information content (AvgIpc) is 3.56. The zero-order valence-electron chi connectivity index (χ0n) is 25.7. The summed E-state index contributed by atoms with van der Waals surface area (Å²) >= 11 is 0. The summed E-state index contributed by atoms with van der Waals surface area (Å²) in [5, 5.41) is 25.9. The van der Waals surface area contributed by atoms with Gasteiger partial charge < -0.3 is 20.3 Å². The second kappa shape index (κ2) is 9.54. The Morgan fingerprint density at radius 3 is 2.35 bits per heavy atom. The van der Waals surface area contributed by atoms with Gasteiger partial charge in [-0.1, -0.05) is 65.0 Å². The number of methoxy groups -OCH3 is 1. The number of hydrogen-bond acceptors (Lipinski definition) is 4. The largest absolute Gasteiger partial charge is 0.393 e. The van der Waals surface area contributed by atoms with Crippen LogP contribution in [0.3, 0.4) is 0 Å². The first-order valence-electron chi connectivity index (χ1n) is 16.1. The van der Waals surface area contributed by atoms with Crippen molar-refractivity contribution < 1.29 is 19.7 Å². The number of amides is 1. The highest BCUT2D eigenvalue weighted by Gasteiger charge is 2.83. The van der Waals surface area contributed by atoms with Crippen molar-refractivity contribution >= 4 is 5.91 Å². The first-order valence-corrected chi connectivity index (χ1v) is 16.1. The maximum absolute atomic E-state index is 13.1. The van der Waals surface area contributed by atoms with E-state index in [2.05, 4.69) is 39.9 Å². The van der Waals surface area contributed by atoms with E-state index in [1.807, 2.05) is 30.3 Å². The van der Waals surface area contributed by atoms with Gasteiger partial charge in [0.1, 0.15) is 6.10 Å². The van der Waals surface area contributed by atoms with E-state index in [0.717, 1.165) is 31.2 Å². The molecule has 5 nitrogen and oxygen atoms in total. The van der Waals surface area contributed by atoms with Crippen molar-refractivity contribution in [2.45, 2.75) is 117 Å². The topological polar surface area (TPSA) is 78.8 Å². The third kappa shape index (κ3) is 3.72. The van der Waals surface area contributed by atoms with Crippen molar-refractivity contribution in [1.29, 1.82) is 0 Å². The predicted octanol–water partition coefficient (Wildman–Crippen LogP) is 6.11. The number of fused-ring (bicyclic) bond motifs is 2. The summed E-state index contributed by atoms with van der Waals surface area (Å²) in [5.74, 6) is 1.73. The van der Waals surface area contributed by atoms with E-state index in [1.165, 1.54) is 25.7 Å². The number of nitrogens with one attached hydrogen (secondary N) is 1. The summed E-state index contributed by atoms with van der Waals surface area (Å²) in [7, 11) is 1.65. The summed E-state index contributed by atoms with van der Waals surface area (Å²) in [6, 6.07) is 10.0. The van der Waals surface area contributed by atoms with Gasteiger partial charge in [-0.3, -0.25) is 4.79 Å². The molecule has 3 N–H and O–H groups in total. The highest BCUT2D eigenvalue weighted by molar-refractivity contribution is 5.80. The first-order chi connectivity index (χ1) is 18.9. The molecule has 2 spiro atoms. The molecule has 0 aliphatic heterocycles. The van der Waals surface area contributed by atoms with E-state index < -0.39 is 6.10 Å². The molecule has 222 valence electrons. The number of aliphatic hydroxyl groups is 2. The summed E-state index contributed by atoms with van der Waals surface area (Å²) in [4.78, 5) is 13.1. The van der Waals surface area contributed by atoms with Crippen LogP contribution in [0.1, 0.15) is 98.0 Å². The molecule has 6 unspecified atom stereocenters. The van der Waals surface area contributed by atoms with Gasteiger partial charge in [-0.25, -0.2) is 0 Å². The number of carbonyl (C=O) groups excluding carboxylic acids is 1. The molecule has 5 aliphatic carbocycles. The Bertz CT molecular complexity index is 1120. The van der Waals surface area contributed by atoms with Crippen molar-refractivity contribution in [3.8, 4) is 0 Å². The number of rotatable bonds is 7. The van der Waals surface area contributed by atoms with Crippen LogP contribution in [0.5, 0.6) is 0 Å². The molecule has 0 bridgehead atoms. The van der Waals surface area contributed by atoms with Gasteiger partial charge in [0.2, 0.25) is 5.91 Å². The molecule has 6 rings (SSSR count). The molecule has 5 aliphatic rings. The number of carbonyl (C=O) groups is 1. The highest BCUT2D eigenvalue weighted by Crippen LogP contribution is 2.89. The van der Waals surface area contributed by atoms with Crippen LogP contribution in [0, 0.1) is 50.7 Å².